The molecule has 1 saturated carbocycles. The first kappa shape index (κ1) is 16.8. The summed E-state index contributed by atoms with van der Waals surface area (Å²) in [6, 6.07) is 0.667. The van der Waals surface area contributed by atoms with Crippen molar-refractivity contribution in [2.45, 2.75) is 65.0 Å². The molecular formula is C17H32N2O2. The lowest BCUT2D eigenvalue weighted by molar-refractivity contribution is -0.139. The summed E-state index contributed by atoms with van der Waals surface area (Å²) >= 11 is 0. The van der Waals surface area contributed by atoms with Gasteiger partial charge in [-0.05, 0) is 31.7 Å². The molecule has 2 fully saturated rings. The average molecular weight is 296 g/mol. The summed E-state index contributed by atoms with van der Waals surface area (Å²) in [5.41, 5.74) is 0. The topological polar surface area (TPSA) is 41.6 Å². The lowest BCUT2D eigenvalue weighted by atomic mass is 9.99. The fraction of sp³-hybridized carbons (Fsp3) is 0.941. The Morgan fingerprint density at radius 1 is 1.29 bits per heavy atom. The Kier molecular flexibility index (Phi) is 6.49. The molecule has 4 nitrogen and oxygen atoms in total. The van der Waals surface area contributed by atoms with Gasteiger partial charge >= 0.3 is 0 Å². The molecule has 1 saturated heterocycles. The molecule has 4 heteroatoms. The van der Waals surface area contributed by atoms with Crippen molar-refractivity contribution in [2.24, 2.45) is 11.8 Å². The Bertz CT molecular complexity index is 327. The van der Waals surface area contributed by atoms with Crippen molar-refractivity contribution < 1.29 is 9.53 Å². The highest BCUT2D eigenvalue weighted by Crippen LogP contribution is 2.27. The number of rotatable bonds is 7. The minimum Gasteiger partial charge on any atom is -0.379 e. The van der Waals surface area contributed by atoms with E-state index in [1.54, 1.807) is 0 Å². The second kappa shape index (κ2) is 8.14. The molecule has 1 heterocycles. The second-order valence-corrected chi connectivity index (χ2v) is 7.03. The third kappa shape index (κ3) is 4.43. The van der Waals surface area contributed by atoms with Crippen molar-refractivity contribution in [3.8, 4) is 0 Å². The van der Waals surface area contributed by atoms with E-state index in [9.17, 15) is 4.79 Å². The summed E-state index contributed by atoms with van der Waals surface area (Å²) in [7, 11) is 0. The Labute approximate surface area is 129 Å². The summed E-state index contributed by atoms with van der Waals surface area (Å²) in [6.07, 6.45) is 5.99. The number of nitrogens with one attached hydrogen (secondary N) is 1. The molecule has 0 bridgehead atoms. The molecule has 0 aromatic heterocycles. The van der Waals surface area contributed by atoms with Crippen molar-refractivity contribution in [1.82, 2.24) is 10.2 Å². The van der Waals surface area contributed by atoms with E-state index in [0.717, 1.165) is 19.5 Å². The van der Waals surface area contributed by atoms with Gasteiger partial charge in [-0.25, -0.2) is 0 Å². The number of hydrogen-bond acceptors (Lipinski definition) is 3. The number of ether oxygens (including phenoxy) is 1. The Morgan fingerprint density at radius 2 is 2.00 bits per heavy atom. The summed E-state index contributed by atoms with van der Waals surface area (Å²) in [6.45, 7) is 9.67. The zero-order valence-corrected chi connectivity index (χ0v) is 13.9. The summed E-state index contributed by atoms with van der Waals surface area (Å²) in [5.74, 6) is 0.858. The molecule has 21 heavy (non-hydrogen) atoms. The van der Waals surface area contributed by atoms with Crippen LogP contribution >= 0.6 is 0 Å². The van der Waals surface area contributed by atoms with E-state index >= 15 is 0 Å². The molecule has 0 spiro atoms. The largest absolute Gasteiger partial charge is 0.379 e. The monoisotopic (exact) mass is 296 g/mol. The highest BCUT2D eigenvalue weighted by molar-refractivity contribution is 5.80. The van der Waals surface area contributed by atoms with Crippen LogP contribution in [0.25, 0.3) is 0 Å². The third-order valence-electron chi connectivity index (χ3n) is 4.66. The maximum Gasteiger partial charge on any atom is 0.229 e. The van der Waals surface area contributed by atoms with Gasteiger partial charge in [0.05, 0.1) is 19.1 Å². The lowest BCUT2D eigenvalue weighted by Crippen LogP contribution is -2.50. The molecule has 2 atom stereocenters. The molecule has 2 unspecified atom stereocenters. The van der Waals surface area contributed by atoms with Crippen LogP contribution in [0.1, 0.15) is 52.9 Å². The van der Waals surface area contributed by atoms with Crippen LogP contribution in [0.5, 0.6) is 0 Å². The van der Waals surface area contributed by atoms with E-state index in [0.29, 0.717) is 31.1 Å². The van der Waals surface area contributed by atoms with Gasteiger partial charge in [0.1, 0.15) is 0 Å². The molecule has 1 amide bonds. The lowest BCUT2D eigenvalue weighted by Gasteiger charge is -2.34. The summed E-state index contributed by atoms with van der Waals surface area (Å²) in [4.78, 5) is 15.2. The zero-order valence-electron chi connectivity index (χ0n) is 13.9. The van der Waals surface area contributed by atoms with E-state index < -0.39 is 0 Å². The molecule has 1 N–H and O–H groups in total. The van der Waals surface area contributed by atoms with Crippen LogP contribution in [-0.4, -0.2) is 49.2 Å². The number of carbonyl (C=O) groups is 1. The van der Waals surface area contributed by atoms with Crippen LogP contribution in [0.3, 0.4) is 0 Å². The van der Waals surface area contributed by atoms with Crippen LogP contribution in [0, 0.1) is 11.8 Å². The third-order valence-corrected chi connectivity index (χ3v) is 4.66. The average Bonchev–Trinajstić information content (AvgIpc) is 3.12. The van der Waals surface area contributed by atoms with E-state index in [2.05, 4.69) is 31.0 Å². The first-order valence-corrected chi connectivity index (χ1v) is 8.75. The molecule has 2 rings (SSSR count). The fourth-order valence-electron chi connectivity index (χ4n) is 3.57. The summed E-state index contributed by atoms with van der Waals surface area (Å²) in [5, 5.41) is 3.49. The zero-order chi connectivity index (χ0) is 15.2. The van der Waals surface area contributed by atoms with Crippen LogP contribution < -0.4 is 5.32 Å². The molecule has 1 aliphatic heterocycles. The van der Waals surface area contributed by atoms with Crippen LogP contribution in [-0.2, 0) is 9.53 Å². The molecular weight excluding hydrogens is 264 g/mol. The summed E-state index contributed by atoms with van der Waals surface area (Å²) < 4.78 is 5.60. The standard InChI is InChI=1S/C17H32N2O2/c1-4-9-18-16-12-21-11-15(16)17(20)19(10-13(2)3)14-7-5-6-8-14/h13-16,18H,4-12H2,1-3H3. The number of hydrogen-bond donors (Lipinski definition) is 1. The first-order valence-electron chi connectivity index (χ1n) is 8.75. The van der Waals surface area contributed by atoms with Gasteiger partial charge in [0.15, 0.2) is 0 Å². The number of carbonyl (C=O) groups excluding carboxylic acids is 1. The maximum absolute atomic E-state index is 13.0. The number of nitrogens with zero attached hydrogens (tertiary/aromatic N) is 1. The molecule has 1 aliphatic carbocycles. The van der Waals surface area contributed by atoms with E-state index in [1.807, 2.05) is 0 Å². The van der Waals surface area contributed by atoms with Crippen molar-refractivity contribution in [3.63, 3.8) is 0 Å². The molecule has 122 valence electrons. The Balaban J connectivity index is 2.01. The van der Waals surface area contributed by atoms with Crippen LogP contribution in [0.2, 0.25) is 0 Å². The van der Waals surface area contributed by atoms with Crippen molar-refractivity contribution >= 4 is 5.91 Å². The van der Waals surface area contributed by atoms with E-state index in [-0.39, 0.29) is 12.0 Å². The quantitative estimate of drug-likeness (QED) is 0.784. The van der Waals surface area contributed by atoms with Gasteiger partial charge in [-0.1, -0.05) is 33.6 Å². The van der Waals surface area contributed by atoms with Gasteiger partial charge in [-0.2, -0.15) is 0 Å². The highest BCUT2D eigenvalue weighted by Gasteiger charge is 2.38. The first-order chi connectivity index (χ1) is 10.1. The van der Waals surface area contributed by atoms with Crippen molar-refractivity contribution in [3.05, 3.63) is 0 Å². The van der Waals surface area contributed by atoms with E-state index in [1.165, 1.54) is 25.7 Å². The second-order valence-electron chi connectivity index (χ2n) is 7.03. The molecule has 0 aromatic carbocycles. The fourth-order valence-corrected chi connectivity index (χ4v) is 3.57. The molecule has 2 aliphatic rings. The smallest absolute Gasteiger partial charge is 0.229 e. The van der Waals surface area contributed by atoms with Crippen LogP contribution in [0.15, 0.2) is 0 Å². The minimum absolute atomic E-state index is 0.0101. The van der Waals surface area contributed by atoms with Gasteiger partial charge in [0.25, 0.3) is 0 Å². The van der Waals surface area contributed by atoms with Crippen molar-refractivity contribution in [2.75, 3.05) is 26.3 Å². The van der Waals surface area contributed by atoms with Gasteiger partial charge in [-0.15, -0.1) is 0 Å². The normalized spacial score (nSPS) is 26.7. The van der Waals surface area contributed by atoms with Gasteiger partial charge in [0, 0.05) is 18.6 Å². The molecule has 0 aromatic rings. The Morgan fingerprint density at radius 3 is 2.62 bits per heavy atom. The minimum atomic E-state index is 0.0101. The van der Waals surface area contributed by atoms with E-state index in [4.69, 9.17) is 4.74 Å². The van der Waals surface area contributed by atoms with Crippen molar-refractivity contribution in [1.29, 1.82) is 0 Å². The van der Waals surface area contributed by atoms with Crippen LogP contribution in [0.4, 0.5) is 0 Å². The van der Waals surface area contributed by atoms with Gasteiger partial charge in [0.2, 0.25) is 5.91 Å². The van der Waals surface area contributed by atoms with Gasteiger partial charge < -0.3 is 15.0 Å². The highest BCUT2D eigenvalue weighted by atomic mass is 16.5. The molecule has 0 radical (unpaired) electrons. The van der Waals surface area contributed by atoms with Gasteiger partial charge in [-0.3, -0.25) is 4.79 Å². The predicted molar refractivity (Wildman–Crippen MR) is 85.2 cm³/mol. The maximum atomic E-state index is 13.0. The number of amides is 1. The SMILES string of the molecule is CCCNC1COCC1C(=O)N(CC(C)C)C1CCCC1. The Hall–Kier alpha value is -0.610. The predicted octanol–water partition coefficient (Wildman–Crippen LogP) is 2.43.